The van der Waals surface area contributed by atoms with Gasteiger partial charge in [0.1, 0.15) is 0 Å². The normalized spacial score (nSPS) is 25.9. The molecule has 0 saturated carbocycles. The number of halogens is 1. The number of piperidine rings is 1. The van der Waals surface area contributed by atoms with Crippen molar-refractivity contribution >= 4 is 17.3 Å². The Balaban J connectivity index is 2.27. The molecule has 1 fully saturated rings. The highest BCUT2D eigenvalue weighted by atomic mass is 35.5. The molecule has 88 valence electrons. The van der Waals surface area contributed by atoms with Crippen molar-refractivity contribution in [2.24, 2.45) is 5.73 Å². The van der Waals surface area contributed by atoms with Crippen LogP contribution in [0.25, 0.3) is 0 Å². The van der Waals surface area contributed by atoms with Crippen molar-refractivity contribution in [2.75, 3.05) is 11.4 Å². The summed E-state index contributed by atoms with van der Waals surface area (Å²) < 4.78 is 0. The Bertz CT molecular complexity index is 378. The molecule has 2 unspecified atom stereocenters. The average Bonchev–Trinajstić information content (AvgIpc) is 2.23. The van der Waals surface area contributed by atoms with Crippen molar-refractivity contribution in [3.05, 3.63) is 28.8 Å². The third-order valence-electron chi connectivity index (χ3n) is 3.47. The van der Waals surface area contributed by atoms with Crippen LogP contribution in [0.15, 0.2) is 18.2 Å². The molecule has 2 atom stereocenters. The third kappa shape index (κ3) is 2.18. The van der Waals surface area contributed by atoms with E-state index in [1.165, 1.54) is 11.3 Å². The number of hydrogen-bond donors (Lipinski definition) is 1. The van der Waals surface area contributed by atoms with Crippen LogP contribution in [-0.4, -0.2) is 18.6 Å². The van der Waals surface area contributed by atoms with Crippen LogP contribution in [0.5, 0.6) is 0 Å². The van der Waals surface area contributed by atoms with Gasteiger partial charge >= 0.3 is 0 Å². The molecule has 2 nitrogen and oxygen atoms in total. The molecule has 3 heteroatoms. The molecule has 0 amide bonds. The fraction of sp³-hybridized carbons (Fsp3) is 0.538. The Hall–Kier alpha value is -0.730. The van der Waals surface area contributed by atoms with Crippen molar-refractivity contribution in [3.8, 4) is 0 Å². The summed E-state index contributed by atoms with van der Waals surface area (Å²) in [5, 5.41) is 0.847. The lowest BCUT2D eigenvalue weighted by atomic mass is 9.97. The van der Waals surface area contributed by atoms with Crippen molar-refractivity contribution in [2.45, 2.75) is 38.8 Å². The molecule has 2 rings (SSSR count). The van der Waals surface area contributed by atoms with E-state index in [2.05, 4.69) is 24.8 Å². The van der Waals surface area contributed by atoms with E-state index in [-0.39, 0.29) is 0 Å². The molecule has 1 aromatic carbocycles. The first kappa shape index (κ1) is 11.7. The quantitative estimate of drug-likeness (QED) is 0.815. The minimum Gasteiger partial charge on any atom is -0.368 e. The monoisotopic (exact) mass is 238 g/mol. The lowest BCUT2D eigenvalue weighted by Gasteiger charge is -2.39. The topological polar surface area (TPSA) is 29.3 Å². The van der Waals surface area contributed by atoms with Gasteiger partial charge < -0.3 is 10.6 Å². The number of anilines is 1. The molecule has 0 aromatic heterocycles. The van der Waals surface area contributed by atoms with Crippen LogP contribution in [0.4, 0.5) is 5.69 Å². The molecular formula is C13H19ClN2. The van der Waals surface area contributed by atoms with Crippen LogP contribution in [0.1, 0.15) is 25.3 Å². The predicted octanol–water partition coefficient (Wildman–Crippen LogP) is 2.96. The fourth-order valence-electron chi connectivity index (χ4n) is 2.47. The van der Waals surface area contributed by atoms with Crippen molar-refractivity contribution in [1.82, 2.24) is 0 Å². The summed E-state index contributed by atoms with van der Waals surface area (Å²) in [5.74, 6) is 0. The molecule has 1 heterocycles. The molecule has 0 bridgehead atoms. The Labute approximate surface area is 102 Å². The highest BCUT2D eigenvalue weighted by molar-refractivity contribution is 6.31. The second-order valence-corrected chi connectivity index (χ2v) is 5.12. The lowest BCUT2D eigenvalue weighted by molar-refractivity contribution is 0.429. The van der Waals surface area contributed by atoms with E-state index in [4.69, 9.17) is 17.3 Å². The molecule has 0 spiro atoms. The van der Waals surface area contributed by atoms with E-state index in [9.17, 15) is 0 Å². The zero-order valence-electron chi connectivity index (χ0n) is 9.91. The fourth-order valence-corrected chi connectivity index (χ4v) is 2.64. The largest absolute Gasteiger partial charge is 0.368 e. The molecule has 0 aliphatic carbocycles. The maximum Gasteiger partial charge on any atom is 0.0455 e. The van der Waals surface area contributed by atoms with Crippen LogP contribution in [0.2, 0.25) is 5.02 Å². The predicted molar refractivity (Wildman–Crippen MR) is 70.2 cm³/mol. The molecule has 1 aromatic rings. The Kier molecular flexibility index (Phi) is 3.41. The number of nitrogens with two attached hydrogens (primary N) is 1. The number of rotatable bonds is 1. The summed E-state index contributed by atoms with van der Waals surface area (Å²) >= 11 is 6.16. The van der Waals surface area contributed by atoms with Gasteiger partial charge in [0.15, 0.2) is 0 Å². The number of nitrogens with zero attached hydrogens (tertiary/aromatic N) is 1. The first-order valence-electron chi connectivity index (χ1n) is 5.87. The van der Waals surface area contributed by atoms with E-state index in [1.54, 1.807) is 0 Å². The third-order valence-corrected chi connectivity index (χ3v) is 3.87. The van der Waals surface area contributed by atoms with Gasteiger partial charge in [-0.1, -0.05) is 17.7 Å². The SMILES string of the molecule is Cc1c(Cl)cccc1N1CCC(N)CC1C. The molecular weight excluding hydrogens is 220 g/mol. The first-order valence-corrected chi connectivity index (χ1v) is 6.24. The Morgan fingerprint density at radius 2 is 2.19 bits per heavy atom. The van der Waals surface area contributed by atoms with Gasteiger partial charge in [-0.15, -0.1) is 0 Å². The minimum absolute atomic E-state index is 0.353. The first-order chi connectivity index (χ1) is 7.59. The number of benzene rings is 1. The van der Waals surface area contributed by atoms with E-state index in [1.807, 2.05) is 12.1 Å². The van der Waals surface area contributed by atoms with Gasteiger partial charge in [-0.05, 0) is 44.4 Å². The summed E-state index contributed by atoms with van der Waals surface area (Å²) in [4.78, 5) is 2.42. The molecule has 1 aliphatic heterocycles. The maximum atomic E-state index is 6.16. The minimum atomic E-state index is 0.353. The molecule has 1 saturated heterocycles. The van der Waals surface area contributed by atoms with Crippen LogP contribution in [0, 0.1) is 6.92 Å². The highest BCUT2D eigenvalue weighted by Crippen LogP contribution is 2.30. The van der Waals surface area contributed by atoms with Crippen LogP contribution in [-0.2, 0) is 0 Å². The van der Waals surface area contributed by atoms with Gasteiger partial charge in [-0.3, -0.25) is 0 Å². The van der Waals surface area contributed by atoms with Gasteiger partial charge in [0.2, 0.25) is 0 Å². The summed E-state index contributed by atoms with van der Waals surface area (Å²) in [5.41, 5.74) is 8.41. The van der Waals surface area contributed by atoms with Crippen LogP contribution >= 0.6 is 11.6 Å². The van der Waals surface area contributed by atoms with Crippen LogP contribution in [0.3, 0.4) is 0 Å². The standard InChI is InChI=1S/C13H19ClN2/c1-9-8-11(15)6-7-16(9)13-5-3-4-12(14)10(13)2/h3-5,9,11H,6-8,15H2,1-2H3. The lowest BCUT2D eigenvalue weighted by Crippen LogP contribution is -2.45. The summed E-state index contributed by atoms with van der Waals surface area (Å²) in [7, 11) is 0. The number of hydrogen-bond acceptors (Lipinski definition) is 2. The van der Waals surface area contributed by atoms with Gasteiger partial charge in [0, 0.05) is 29.3 Å². The highest BCUT2D eigenvalue weighted by Gasteiger charge is 2.24. The van der Waals surface area contributed by atoms with Gasteiger partial charge in [-0.25, -0.2) is 0 Å². The summed E-state index contributed by atoms with van der Waals surface area (Å²) in [6.07, 6.45) is 2.13. The van der Waals surface area contributed by atoms with E-state index in [0.717, 1.165) is 24.4 Å². The second kappa shape index (κ2) is 4.64. The van der Waals surface area contributed by atoms with E-state index < -0.39 is 0 Å². The van der Waals surface area contributed by atoms with E-state index >= 15 is 0 Å². The smallest absolute Gasteiger partial charge is 0.0455 e. The maximum absolute atomic E-state index is 6.16. The average molecular weight is 239 g/mol. The van der Waals surface area contributed by atoms with Crippen LogP contribution < -0.4 is 10.6 Å². The zero-order valence-corrected chi connectivity index (χ0v) is 10.7. The van der Waals surface area contributed by atoms with Gasteiger partial charge in [0.05, 0.1) is 0 Å². The van der Waals surface area contributed by atoms with Gasteiger partial charge in [-0.2, -0.15) is 0 Å². The Morgan fingerprint density at radius 3 is 2.88 bits per heavy atom. The summed E-state index contributed by atoms with van der Waals surface area (Å²) in [6, 6.07) is 6.97. The molecule has 2 N–H and O–H groups in total. The van der Waals surface area contributed by atoms with Crippen molar-refractivity contribution < 1.29 is 0 Å². The van der Waals surface area contributed by atoms with Crippen molar-refractivity contribution in [3.63, 3.8) is 0 Å². The molecule has 1 aliphatic rings. The van der Waals surface area contributed by atoms with E-state index in [0.29, 0.717) is 12.1 Å². The second-order valence-electron chi connectivity index (χ2n) is 4.71. The molecule has 16 heavy (non-hydrogen) atoms. The van der Waals surface area contributed by atoms with Crippen molar-refractivity contribution in [1.29, 1.82) is 0 Å². The Morgan fingerprint density at radius 1 is 1.44 bits per heavy atom. The van der Waals surface area contributed by atoms with Gasteiger partial charge in [0.25, 0.3) is 0 Å². The summed E-state index contributed by atoms with van der Waals surface area (Å²) in [6.45, 7) is 5.35. The zero-order chi connectivity index (χ0) is 11.7. The molecule has 0 radical (unpaired) electrons.